The van der Waals surface area contributed by atoms with E-state index in [1.54, 1.807) is 0 Å². The van der Waals surface area contributed by atoms with E-state index in [9.17, 15) is 71.5 Å². The first-order valence-electron chi connectivity index (χ1n) is 6.87. The van der Waals surface area contributed by atoms with Gasteiger partial charge in [0, 0.05) is 12.5 Å². The van der Waals surface area contributed by atoms with Gasteiger partial charge in [-0.3, -0.25) is 0 Å². The lowest BCUT2D eigenvalue weighted by molar-refractivity contribution is -0.439. The molecule has 0 N–H and O–H groups in total. The fourth-order valence-electron chi connectivity index (χ4n) is 1.75. The van der Waals surface area contributed by atoms with E-state index < -0.39 is 56.8 Å². The van der Waals surface area contributed by atoms with Crippen molar-refractivity contribution in [2.75, 3.05) is 0 Å². The van der Waals surface area contributed by atoms with Crippen molar-refractivity contribution >= 4 is 26.8 Å². The van der Waals surface area contributed by atoms with Gasteiger partial charge in [0.2, 0.25) is 18.2 Å². The highest BCUT2D eigenvalue weighted by Crippen LogP contribution is 2.60. The van der Waals surface area contributed by atoms with Crippen LogP contribution in [0.15, 0.2) is 14.0 Å². The quantitative estimate of drug-likeness (QED) is 0.196. The molecule has 0 aliphatic rings. The highest BCUT2D eigenvalue weighted by atomic mass is 28.4. The normalized spacial score (nSPS) is 15.8. The molecule has 0 aliphatic carbocycles. The maximum absolute atomic E-state index is 13.7. The molecule has 0 atom stereocenters. The molecule has 0 aromatic heterocycles. The summed E-state index contributed by atoms with van der Waals surface area (Å²) in [5, 5.41) is 0. The minimum atomic E-state index is -8.08. The largest absolute Gasteiger partial charge is 0.467 e. The average Bonchev–Trinajstić information content (AvgIpc) is 2.59. The van der Waals surface area contributed by atoms with Gasteiger partial charge in [-0.05, 0) is 0 Å². The molecule has 31 heavy (non-hydrogen) atoms. The van der Waals surface area contributed by atoms with Crippen LogP contribution >= 0.6 is 0 Å². The monoisotopic (exact) mass is 501 g/mol. The standard InChI is InChI=1S/C11H4F13N3O3Si/c12-6(13,1-2-31(25-3-28,26-4-29)27-5-30)7(14,15)8(16,17)9(18,19)10(20,21)11(22,23)24/h1-2H2. The van der Waals surface area contributed by atoms with Crippen molar-refractivity contribution in [3.63, 3.8) is 0 Å². The van der Waals surface area contributed by atoms with Crippen molar-refractivity contribution < 1.29 is 71.5 Å². The fourth-order valence-corrected chi connectivity index (χ4v) is 3.32. The minimum absolute atomic E-state index is 0.511. The molecule has 0 bridgehead atoms. The molecular formula is C11H4F13N3O3Si. The van der Waals surface area contributed by atoms with Gasteiger partial charge in [0.1, 0.15) is 0 Å². The highest BCUT2D eigenvalue weighted by Gasteiger charge is 2.90. The molecule has 0 saturated carbocycles. The second-order valence-corrected chi connectivity index (χ2v) is 8.10. The lowest BCUT2D eigenvalue weighted by atomic mass is 9.93. The predicted octanol–water partition coefficient (Wildman–Crippen LogP) is 4.06. The molecule has 0 rings (SSSR count). The summed E-state index contributed by atoms with van der Waals surface area (Å²) < 4.78 is 176. The van der Waals surface area contributed by atoms with E-state index in [4.69, 9.17) is 0 Å². The molecule has 0 aliphatic heterocycles. The highest BCUT2D eigenvalue weighted by molar-refractivity contribution is 6.76. The lowest BCUT2D eigenvalue weighted by Crippen LogP contribution is -2.70. The number of rotatable bonds is 10. The van der Waals surface area contributed by atoms with Crippen LogP contribution in [0.5, 0.6) is 0 Å². The number of hydrogen-bond acceptors (Lipinski definition) is 6. The molecule has 0 saturated heterocycles. The van der Waals surface area contributed by atoms with Gasteiger partial charge in [-0.1, -0.05) is 0 Å². The van der Waals surface area contributed by atoms with Gasteiger partial charge < -0.3 is 0 Å². The summed E-state index contributed by atoms with van der Waals surface area (Å²) in [5.74, 6) is -38.1. The van der Waals surface area contributed by atoms with E-state index in [1.165, 1.54) is 0 Å². The van der Waals surface area contributed by atoms with E-state index in [1.807, 2.05) is 0 Å². The van der Waals surface area contributed by atoms with Gasteiger partial charge in [-0.15, -0.1) is 0 Å². The molecule has 20 heteroatoms. The Labute approximate surface area is 161 Å². The maximum atomic E-state index is 13.7. The van der Waals surface area contributed by atoms with Crippen molar-refractivity contribution in [2.45, 2.75) is 48.3 Å². The molecule has 6 nitrogen and oxygen atoms in total. The lowest BCUT2D eigenvalue weighted by Gasteiger charge is -2.39. The zero-order chi connectivity index (χ0) is 25.2. The maximum Gasteiger partial charge on any atom is 0.467 e. The molecule has 0 heterocycles. The Balaban J connectivity index is 6.37. The Hall–Kier alpha value is -2.55. The van der Waals surface area contributed by atoms with Crippen LogP contribution < -0.4 is 0 Å². The van der Waals surface area contributed by atoms with Gasteiger partial charge >= 0.3 is 44.3 Å². The fraction of sp³-hybridized carbons (Fsp3) is 0.727. The summed E-state index contributed by atoms with van der Waals surface area (Å²) in [5.41, 5.74) is 0. The van der Waals surface area contributed by atoms with E-state index in [0.29, 0.717) is 18.2 Å². The topological polar surface area (TPSA) is 88.3 Å². The van der Waals surface area contributed by atoms with E-state index >= 15 is 0 Å². The van der Waals surface area contributed by atoms with Crippen LogP contribution in [0.4, 0.5) is 57.1 Å². The molecule has 0 aromatic carbocycles. The van der Waals surface area contributed by atoms with Crippen LogP contribution in [-0.2, 0) is 14.4 Å². The van der Waals surface area contributed by atoms with Gasteiger partial charge in [0.05, 0.1) is 0 Å². The van der Waals surface area contributed by atoms with E-state index in [-0.39, 0.29) is 0 Å². The first-order chi connectivity index (χ1) is 13.6. The smallest absolute Gasteiger partial charge is 0.212 e. The zero-order valence-corrected chi connectivity index (χ0v) is 14.9. The van der Waals surface area contributed by atoms with Crippen molar-refractivity contribution in [1.29, 1.82) is 0 Å². The molecule has 0 amide bonds. The number of carbonyl (C=O) groups excluding carboxylic acids is 3. The molecule has 0 spiro atoms. The van der Waals surface area contributed by atoms with Crippen molar-refractivity contribution in [3.05, 3.63) is 0 Å². The number of isocyanates is 3. The summed E-state index contributed by atoms with van der Waals surface area (Å²) in [7, 11) is -5.13. The number of hydrogen-bond donors (Lipinski definition) is 0. The van der Waals surface area contributed by atoms with Crippen LogP contribution in [0.25, 0.3) is 0 Å². The first-order valence-corrected chi connectivity index (χ1v) is 8.92. The van der Waals surface area contributed by atoms with Crippen LogP contribution in [0.3, 0.4) is 0 Å². The molecule has 0 aromatic rings. The van der Waals surface area contributed by atoms with Crippen molar-refractivity contribution in [2.24, 2.45) is 14.0 Å². The third-order valence-electron chi connectivity index (χ3n) is 3.45. The number of halogens is 13. The Kier molecular flexibility index (Phi) is 7.83. The molecule has 0 fully saturated rings. The Morgan fingerprint density at radius 1 is 0.548 bits per heavy atom. The van der Waals surface area contributed by atoms with Gasteiger partial charge in [-0.25, -0.2) is 14.4 Å². The van der Waals surface area contributed by atoms with Crippen LogP contribution in [0.2, 0.25) is 6.04 Å². The summed E-state index contributed by atoms with van der Waals surface area (Å²) in [6.07, 6.45) is -8.87. The third kappa shape index (κ3) is 4.71. The molecule has 0 unspecified atom stereocenters. The van der Waals surface area contributed by atoms with Crippen LogP contribution in [-0.4, -0.2) is 62.6 Å². The minimum Gasteiger partial charge on any atom is -0.212 e. The average molecular weight is 501 g/mol. The second kappa shape index (κ2) is 8.53. The van der Waals surface area contributed by atoms with Gasteiger partial charge in [0.15, 0.2) is 0 Å². The summed E-state index contributed by atoms with van der Waals surface area (Å²) >= 11 is 0. The van der Waals surface area contributed by atoms with Crippen molar-refractivity contribution in [1.82, 2.24) is 0 Å². The molecule has 0 radical (unpaired) electrons. The Morgan fingerprint density at radius 3 is 1.16 bits per heavy atom. The van der Waals surface area contributed by atoms with Gasteiger partial charge in [-0.2, -0.15) is 71.0 Å². The summed E-state index contributed by atoms with van der Waals surface area (Å²) in [6.45, 7) is 0. The van der Waals surface area contributed by atoms with Gasteiger partial charge in [0.25, 0.3) is 0 Å². The zero-order valence-electron chi connectivity index (χ0n) is 13.9. The number of alkyl halides is 13. The number of nitrogens with zero attached hydrogens (tertiary/aromatic N) is 3. The first kappa shape index (κ1) is 28.4. The van der Waals surface area contributed by atoms with Crippen LogP contribution in [0, 0.1) is 0 Å². The molecular weight excluding hydrogens is 497 g/mol. The summed E-state index contributed by atoms with van der Waals surface area (Å²) in [4.78, 5) is 30.6. The predicted molar refractivity (Wildman–Crippen MR) is 70.3 cm³/mol. The third-order valence-corrected chi connectivity index (χ3v) is 5.72. The van der Waals surface area contributed by atoms with Crippen LogP contribution in [0.1, 0.15) is 6.42 Å². The SMILES string of the molecule is O=C=N[Si](CCC(F)(F)C(F)(F)C(F)(F)C(F)(F)C(F)(F)C(F)(F)F)(N=C=O)N=C=O. The van der Waals surface area contributed by atoms with E-state index in [2.05, 4.69) is 14.0 Å². The van der Waals surface area contributed by atoms with E-state index in [0.717, 1.165) is 0 Å². The Morgan fingerprint density at radius 2 is 0.871 bits per heavy atom. The second-order valence-electron chi connectivity index (χ2n) is 5.38. The summed E-state index contributed by atoms with van der Waals surface area (Å²) in [6, 6.07) is -1.98. The molecule has 176 valence electrons. The van der Waals surface area contributed by atoms with Crippen molar-refractivity contribution in [3.8, 4) is 0 Å². The Bertz CT molecular complexity index is 779.